The number of carboxylic acid groups (broad SMARTS) is 2. The zero-order valence-corrected chi connectivity index (χ0v) is 12.3. The van der Waals surface area contributed by atoms with Crippen molar-refractivity contribution in [1.29, 1.82) is 0 Å². The summed E-state index contributed by atoms with van der Waals surface area (Å²) in [6.07, 6.45) is 0. The van der Waals surface area contributed by atoms with Crippen molar-refractivity contribution in [2.45, 2.75) is 0 Å². The molecule has 0 amide bonds. The Hall–Kier alpha value is 0.0862. The number of halogens is 4. The van der Waals surface area contributed by atoms with Crippen LogP contribution in [0.3, 0.4) is 0 Å². The summed E-state index contributed by atoms with van der Waals surface area (Å²) in [6.45, 7) is 0. The fraction of sp³-hybridized carbons (Fsp3) is 0. The molecule has 0 heterocycles. The molecule has 1 rings (SSSR count). The van der Waals surface area contributed by atoms with Crippen LogP contribution in [0.15, 0.2) is 0 Å². The Bertz CT molecular complexity index is 458. The van der Waals surface area contributed by atoms with Crippen molar-refractivity contribution >= 4 is 81.4 Å². The minimum atomic E-state index is -1.84. The topological polar surface area (TPSA) is 80.3 Å². The molecule has 0 unspecified atom stereocenters. The van der Waals surface area contributed by atoms with Gasteiger partial charge in [-0.2, -0.15) is 0 Å². The Kier molecular flexibility index (Phi) is 6.34. The molecule has 0 aromatic heterocycles. The van der Waals surface area contributed by atoms with Crippen LogP contribution in [-0.4, -0.2) is 35.0 Å². The van der Waals surface area contributed by atoms with Gasteiger partial charge in [-0.25, -0.2) is 0 Å². The zero-order valence-electron chi connectivity index (χ0n) is 7.85. The van der Waals surface area contributed by atoms with Gasteiger partial charge in [0.1, 0.15) is 0 Å². The van der Waals surface area contributed by atoms with Crippen molar-refractivity contribution < 1.29 is 19.8 Å². The van der Waals surface area contributed by atoms with E-state index in [2.05, 4.69) is 0 Å². The van der Waals surface area contributed by atoms with Crippen molar-refractivity contribution in [2.75, 3.05) is 0 Å². The molecule has 0 aliphatic carbocycles. The van der Waals surface area contributed by atoms with Gasteiger partial charge in [0.2, 0.25) is 0 Å². The predicted octanol–water partition coefficient (Wildman–Crippen LogP) is 0.646. The van der Waals surface area contributed by atoms with Gasteiger partial charge in [0.05, 0.1) is 32.0 Å². The predicted molar refractivity (Wildman–Crippen MR) is 60.9 cm³/mol. The van der Waals surface area contributed by atoms with E-state index in [9.17, 15) is 19.8 Å². The third-order valence-electron chi connectivity index (χ3n) is 1.68. The summed E-state index contributed by atoms with van der Waals surface area (Å²) in [4.78, 5) is 21.4. The van der Waals surface area contributed by atoms with E-state index in [1.165, 1.54) is 0 Å². The molecule has 0 atom stereocenters. The maximum atomic E-state index is 10.7. The summed E-state index contributed by atoms with van der Waals surface area (Å²) in [6, 6.07) is 0. The van der Waals surface area contributed by atoms with Crippen LogP contribution in [0.1, 0.15) is 20.7 Å². The molecule has 17 heavy (non-hydrogen) atoms. The molecule has 9 heteroatoms. The van der Waals surface area contributed by atoms with Gasteiger partial charge in [0, 0.05) is 11.1 Å². The Morgan fingerprint density at radius 2 is 0.941 bits per heavy atom. The average molecular weight is 326 g/mol. The van der Waals surface area contributed by atoms with Crippen molar-refractivity contribution in [3.63, 3.8) is 0 Å². The van der Waals surface area contributed by atoms with E-state index in [-0.39, 0.29) is 33.1 Å². The van der Waals surface area contributed by atoms with E-state index in [0.717, 1.165) is 0 Å². The zero-order chi connectivity index (χ0) is 12.6. The van der Waals surface area contributed by atoms with Gasteiger partial charge < -0.3 is 19.8 Å². The smallest absolute Gasteiger partial charge is 0.545 e. The van der Waals surface area contributed by atoms with Gasteiger partial charge in [0.15, 0.2) is 0 Å². The molecule has 1 aromatic carbocycles. The number of carbonyl (C=O) groups excluding carboxylic acids is 2. The van der Waals surface area contributed by atoms with E-state index in [1.807, 2.05) is 0 Å². The second kappa shape index (κ2) is 6.31. The normalized spacial score (nSPS) is 9.65. The quantitative estimate of drug-likeness (QED) is 0.454. The third-order valence-corrected chi connectivity index (χ3v) is 3.48. The third kappa shape index (κ3) is 3.10. The molecule has 0 saturated carbocycles. The second-order valence-electron chi connectivity index (χ2n) is 2.58. The van der Waals surface area contributed by atoms with E-state index < -0.39 is 33.1 Å². The summed E-state index contributed by atoms with van der Waals surface area (Å²) >= 11 is 22.2. The first-order valence-electron chi connectivity index (χ1n) is 3.57. The Morgan fingerprint density at radius 1 is 0.706 bits per heavy atom. The SMILES string of the molecule is O=C([O-])c1c(Cl)c(Cl)c(Cl)c(Cl)c1C(=O)[O-].[Mg+2]. The number of carbonyl (C=O) groups is 2. The molecule has 4 nitrogen and oxygen atoms in total. The van der Waals surface area contributed by atoms with Crippen molar-refractivity contribution in [1.82, 2.24) is 0 Å². The van der Waals surface area contributed by atoms with Crippen molar-refractivity contribution in [3.05, 3.63) is 31.2 Å². The first-order chi connectivity index (χ1) is 7.29. The summed E-state index contributed by atoms with van der Waals surface area (Å²) in [7, 11) is 0. The molecule has 0 bridgehead atoms. The first kappa shape index (κ1) is 17.1. The average Bonchev–Trinajstić information content (AvgIpc) is 2.18. The number of hydrogen-bond donors (Lipinski definition) is 0. The van der Waals surface area contributed by atoms with Crippen LogP contribution < -0.4 is 10.2 Å². The van der Waals surface area contributed by atoms with E-state index >= 15 is 0 Å². The number of hydrogen-bond acceptors (Lipinski definition) is 4. The van der Waals surface area contributed by atoms with Crippen LogP contribution in [0.4, 0.5) is 0 Å². The molecular weight excluding hydrogens is 326 g/mol. The van der Waals surface area contributed by atoms with Crippen LogP contribution in [0.2, 0.25) is 20.1 Å². The van der Waals surface area contributed by atoms with Gasteiger partial charge in [-0.05, 0) is 0 Å². The van der Waals surface area contributed by atoms with Crippen LogP contribution >= 0.6 is 46.4 Å². The van der Waals surface area contributed by atoms with Gasteiger partial charge in [-0.1, -0.05) is 46.4 Å². The minimum absolute atomic E-state index is 0. The van der Waals surface area contributed by atoms with Crippen molar-refractivity contribution in [3.8, 4) is 0 Å². The van der Waals surface area contributed by atoms with Crippen LogP contribution in [0.25, 0.3) is 0 Å². The molecule has 0 N–H and O–H groups in total. The Labute approximate surface area is 132 Å². The molecule has 0 fully saturated rings. The maximum absolute atomic E-state index is 10.7. The molecule has 0 aliphatic heterocycles. The summed E-state index contributed by atoms with van der Waals surface area (Å²) < 4.78 is 0. The summed E-state index contributed by atoms with van der Waals surface area (Å²) in [5.74, 6) is -3.69. The Morgan fingerprint density at radius 3 is 1.12 bits per heavy atom. The molecule has 0 aliphatic rings. The van der Waals surface area contributed by atoms with Gasteiger partial charge >= 0.3 is 23.1 Å². The molecule has 1 aromatic rings. The summed E-state index contributed by atoms with van der Waals surface area (Å²) in [5.41, 5.74) is -1.72. The van der Waals surface area contributed by atoms with E-state index in [4.69, 9.17) is 46.4 Å². The number of carboxylic acids is 2. The van der Waals surface area contributed by atoms with Crippen LogP contribution in [0, 0.1) is 0 Å². The maximum Gasteiger partial charge on any atom is 2.00 e. The van der Waals surface area contributed by atoms with E-state index in [1.54, 1.807) is 0 Å². The fourth-order valence-electron chi connectivity index (χ4n) is 1.02. The fourth-order valence-corrected chi connectivity index (χ4v) is 2.02. The molecule has 86 valence electrons. The van der Waals surface area contributed by atoms with Gasteiger partial charge in [0.25, 0.3) is 0 Å². The van der Waals surface area contributed by atoms with Gasteiger partial charge in [-0.15, -0.1) is 0 Å². The molecule has 0 saturated heterocycles. The number of aromatic carboxylic acids is 2. The molecule has 0 radical (unpaired) electrons. The molecule has 0 spiro atoms. The Balaban J connectivity index is 0.00000256. The summed E-state index contributed by atoms with van der Waals surface area (Å²) in [5, 5.41) is 19.6. The van der Waals surface area contributed by atoms with Crippen LogP contribution in [-0.2, 0) is 0 Å². The monoisotopic (exact) mass is 324 g/mol. The number of rotatable bonds is 2. The van der Waals surface area contributed by atoms with Crippen LogP contribution in [0.5, 0.6) is 0 Å². The van der Waals surface area contributed by atoms with Crippen molar-refractivity contribution in [2.24, 2.45) is 0 Å². The standard InChI is InChI=1S/C8H2Cl4O4.Mg/c9-3-1(7(13)14)2(8(15)16)4(10)6(12)5(3)11;/h(H,13,14)(H,15,16);/q;+2/p-2. The minimum Gasteiger partial charge on any atom is -0.545 e. The second-order valence-corrected chi connectivity index (χ2v) is 4.09. The largest absolute Gasteiger partial charge is 2.00 e. The van der Waals surface area contributed by atoms with E-state index in [0.29, 0.717) is 0 Å². The number of benzene rings is 1. The van der Waals surface area contributed by atoms with Gasteiger partial charge in [-0.3, -0.25) is 0 Å². The first-order valence-corrected chi connectivity index (χ1v) is 5.08. The molecular formula is C8Cl4MgO4.